The number of carbonyl (C=O) groups is 1. The van der Waals surface area contributed by atoms with Crippen LogP contribution in [0.2, 0.25) is 0 Å². The van der Waals surface area contributed by atoms with Gasteiger partial charge in [-0.2, -0.15) is 8.42 Å². The van der Waals surface area contributed by atoms with Crippen LogP contribution in [0.15, 0.2) is 48.5 Å². The molecule has 0 unspecified atom stereocenters. The van der Waals surface area contributed by atoms with Crippen molar-refractivity contribution in [2.75, 3.05) is 18.8 Å². The van der Waals surface area contributed by atoms with Gasteiger partial charge in [0.25, 0.3) is 0 Å². The Morgan fingerprint density at radius 3 is 2.18 bits per heavy atom. The van der Waals surface area contributed by atoms with Crippen molar-refractivity contribution < 1.29 is 13.2 Å². The number of nitrogens with zero attached hydrogens (tertiary/aromatic N) is 1. The average molecular weight is 318 g/mol. The van der Waals surface area contributed by atoms with E-state index in [0.717, 1.165) is 21.6 Å². The Bertz CT molecular complexity index is 781. The number of anilines is 1. The summed E-state index contributed by atoms with van der Waals surface area (Å²) in [6, 6.07) is 14.7. The molecule has 6 heteroatoms. The Labute approximate surface area is 130 Å². The molecule has 0 heterocycles. The average Bonchev–Trinajstić information content (AvgIpc) is 2.47. The molecular formula is C16H18N2O3S. The summed E-state index contributed by atoms with van der Waals surface area (Å²) in [5.41, 5.74) is 3.09. The fraction of sp³-hybridized carbons (Fsp3) is 0.188. The number of hydrogen-bond donors (Lipinski definition) is 1. The van der Waals surface area contributed by atoms with Crippen molar-refractivity contribution in [1.82, 2.24) is 4.90 Å². The van der Waals surface area contributed by atoms with Gasteiger partial charge in [-0.05, 0) is 18.6 Å². The highest BCUT2D eigenvalue weighted by atomic mass is 32.2. The summed E-state index contributed by atoms with van der Waals surface area (Å²) in [5, 5.41) is -0.980. The first-order chi connectivity index (χ1) is 10.3. The molecule has 5 nitrogen and oxygen atoms in total. The van der Waals surface area contributed by atoms with Crippen molar-refractivity contribution in [1.29, 1.82) is 0 Å². The van der Waals surface area contributed by atoms with Crippen molar-refractivity contribution in [3.8, 4) is 11.1 Å². The van der Waals surface area contributed by atoms with Gasteiger partial charge in [0.15, 0.2) is 0 Å². The van der Waals surface area contributed by atoms with Gasteiger partial charge >= 0.3 is 15.3 Å². The number of sulfonamides is 1. The van der Waals surface area contributed by atoms with Crippen LogP contribution in [0.3, 0.4) is 0 Å². The van der Waals surface area contributed by atoms with Gasteiger partial charge in [0, 0.05) is 19.7 Å². The molecule has 0 aliphatic rings. The van der Waals surface area contributed by atoms with Crippen LogP contribution in [-0.4, -0.2) is 32.7 Å². The molecule has 0 saturated heterocycles. The zero-order valence-electron chi connectivity index (χ0n) is 12.7. The molecule has 2 rings (SSSR count). The molecule has 2 aromatic rings. The second-order valence-electron chi connectivity index (χ2n) is 5.18. The van der Waals surface area contributed by atoms with E-state index in [0.29, 0.717) is 5.69 Å². The number of para-hydroxylation sites is 1. The van der Waals surface area contributed by atoms with Crippen molar-refractivity contribution in [3.05, 3.63) is 54.1 Å². The van der Waals surface area contributed by atoms with Crippen LogP contribution in [0, 0.1) is 6.92 Å². The summed E-state index contributed by atoms with van der Waals surface area (Å²) in [7, 11) is -1.32. The number of aryl methyl sites for hydroxylation is 1. The molecule has 0 atom stereocenters. The van der Waals surface area contributed by atoms with Crippen LogP contribution in [0.25, 0.3) is 11.1 Å². The molecule has 0 aliphatic carbocycles. The normalized spacial score (nSPS) is 11.0. The minimum atomic E-state index is -4.11. The summed E-state index contributed by atoms with van der Waals surface area (Å²) in [6.45, 7) is 1.98. The predicted octanol–water partition coefficient (Wildman–Crippen LogP) is 3.09. The maximum absolute atomic E-state index is 12.1. The lowest BCUT2D eigenvalue weighted by Gasteiger charge is -2.15. The maximum atomic E-state index is 12.1. The third kappa shape index (κ3) is 3.46. The molecule has 1 N–H and O–H groups in total. The Kier molecular flexibility index (Phi) is 4.51. The van der Waals surface area contributed by atoms with Gasteiger partial charge in [0.2, 0.25) is 0 Å². The van der Waals surface area contributed by atoms with E-state index >= 15 is 0 Å². The quantitative estimate of drug-likeness (QED) is 0.945. The Morgan fingerprint density at radius 1 is 1.00 bits per heavy atom. The van der Waals surface area contributed by atoms with E-state index in [1.54, 1.807) is 12.1 Å². The molecule has 1 amide bonds. The molecule has 0 spiro atoms. The standard InChI is InChI=1S/C16H18N2O3S/c1-12-8-10-13(11-9-12)14-6-4-5-7-15(14)17-22(20,21)16(19)18(2)3/h4-11,17H,1-3H3. The van der Waals surface area contributed by atoms with Gasteiger partial charge in [-0.15, -0.1) is 0 Å². The summed E-state index contributed by atoms with van der Waals surface area (Å²) >= 11 is 0. The summed E-state index contributed by atoms with van der Waals surface area (Å²) in [4.78, 5) is 12.8. The highest BCUT2D eigenvalue weighted by Gasteiger charge is 2.24. The number of rotatable bonds is 3. The number of carbonyl (C=O) groups excluding carboxylic acids is 1. The number of nitrogens with one attached hydrogen (secondary N) is 1. The zero-order chi connectivity index (χ0) is 16.3. The lowest BCUT2D eigenvalue weighted by atomic mass is 10.0. The summed E-state index contributed by atoms with van der Waals surface area (Å²) in [6.07, 6.45) is 0. The molecule has 0 aromatic heterocycles. The van der Waals surface area contributed by atoms with Crippen LogP contribution in [0.5, 0.6) is 0 Å². The molecule has 0 aliphatic heterocycles. The first-order valence-corrected chi connectivity index (χ1v) is 8.20. The Balaban J connectivity index is 2.42. The largest absolute Gasteiger partial charge is 0.359 e. The fourth-order valence-electron chi connectivity index (χ4n) is 1.99. The maximum Gasteiger partial charge on any atom is 0.359 e. The van der Waals surface area contributed by atoms with Crippen molar-refractivity contribution in [3.63, 3.8) is 0 Å². The van der Waals surface area contributed by atoms with Crippen LogP contribution in [0.1, 0.15) is 5.56 Å². The third-order valence-electron chi connectivity index (χ3n) is 3.13. The highest BCUT2D eigenvalue weighted by Crippen LogP contribution is 2.28. The van der Waals surface area contributed by atoms with Crippen LogP contribution in [-0.2, 0) is 10.0 Å². The smallest absolute Gasteiger partial charge is 0.334 e. The molecule has 0 fully saturated rings. The van der Waals surface area contributed by atoms with Crippen LogP contribution < -0.4 is 4.72 Å². The summed E-state index contributed by atoms with van der Waals surface area (Å²) in [5.74, 6) is 0. The minimum absolute atomic E-state index is 0.376. The van der Waals surface area contributed by atoms with Gasteiger partial charge in [0.1, 0.15) is 0 Å². The molecule has 0 bridgehead atoms. The number of hydrogen-bond acceptors (Lipinski definition) is 3. The van der Waals surface area contributed by atoms with Gasteiger partial charge < -0.3 is 4.90 Å². The zero-order valence-corrected chi connectivity index (χ0v) is 13.5. The van der Waals surface area contributed by atoms with E-state index in [-0.39, 0.29) is 0 Å². The lowest BCUT2D eigenvalue weighted by Crippen LogP contribution is -2.33. The molecule has 2 aromatic carbocycles. The molecule has 22 heavy (non-hydrogen) atoms. The predicted molar refractivity (Wildman–Crippen MR) is 88.2 cm³/mol. The monoisotopic (exact) mass is 318 g/mol. The second kappa shape index (κ2) is 6.19. The first kappa shape index (κ1) is 16.0. The second-order valence-corrected chi connectivity index (χ2v) is 6.74. The van der Waals surface area contributed by atoms with E-state index in [1.165, 1.54) is 14.1 Å². The minimum Gasteiger partial charge on any atom is -0.334 e. The summed E-state index contributed by atoms with van der Waals surface area (Å²) < 4.78 is 26.5. The highest BCUT2D eigenvalue weighted by molar-refractivity contribution is 8.07. The van der Waals surface area contributed by atoms with Gasteiger partial charge in [-0.25, -0.2) is 0 Å². The fourth-order valence-corrected chi connectivity index (χ4v) is 3.02. The van der Waals surface area contributed by atoms with E-state index in [1.807, 2.05) is 43.3 Å². The van der Waals surface area contributed by atoms with E-state index in [4.69, 9.17) is 0 Å². The third-order valence-corrected chi connectivity index (χ3v) is 4.44. The Morgan fingerprint density at radius 2 is 1.59 bits per heavy atom. The van der Waals surface area contributed by atoms with E-state index in [2.05, 4.69) is 4.72 Å². The lowest BCUT2D eigenvalue weighted by molar-refractivity contribution is 0.239. The molecule has 0 saturated carbocycles. The van der Waals surface area contributed by atoms with Crippen LogP contribution in [0.4, 0.5) is 10.5 Å². The molecule has 0 radical (unpaired) electrons. The number of amides is 1. The van der Waals surface area contributed by atoms with Crippen molar-refractivity contribution in [2.24, 2.45) is 0 Å². The number of benzene rings is 2. The van der Waals surface area contributed by atoms with E-state index < -0.39 is 15.3 Å². The first-order valence-electron chi connectivity index (χ1n) is 6.71. The van der Waals surface area contributed by atoms with Crippen molar-refractivity contribution >= 4 is 20.9 Å². The van der Waals surface area contributed by atoms with Crippen molar-refractivity contribution in [2.45, 2.75) is 6.92 Å². The molecular weight excluding hydrogens is 300 g/mol. The van der Waals surface area contributed by atoms with Gasteiger partial charge in [-0.1, -0.05) is 48.0 Å². The Hall–Kier alpha value is -2.34. The van der Waals surface area contributed by atoms with E-state index in [9.17, 15) is 13.2 Å². The van der Waals surface area contributed by atoms with Gasteiger partial charge in [0.05, 0.1) is 5.69 Å². The van der Waals surface area contributed by atoms with Crippen LogP contribution >= 0.6 is 0 Å². The topological polar surface area (TPSA) is 66.5 Å². The molecule has 116 valence electrons. The SMILES string of the molecule is Cc1ccc(-c2ccccc2NS(=O)(=O)C(=O)N(C)C)cc1. The van der Waals surface area contributed by atoms with Gasteiger partial charge in [-0.3, -0.25) is 9.52 Å².